The van der Waals surface area contributed by atoms with E-state index in [1.54, 1.807) is 19.2 Å². The molecule has 17 heavy (non-hydrogen) atoms. The maximum absolute atomic E-state index is 13.1. The lowest BCUT2D eigenvalue weighted by molar-refractivity contribution is 0.628. The molecule has 0 saturated carbocycles. The summed E-state index contributed by atoms with van der Waals surface area (Å²) in [6.45, 7) is 1.91. The van der Waals surface area contributed by atoms with Crippen molar-refractivity contribution in [2.75, 3.05) is 12.4 Å². The molecule has 0 aliphatic rings. The number of aryl methyl sites for hydroxylation is 1. The van der Waals surface area contributed by atoms with Gasteiger partial charge in [-0.2, -0.15) is 0 Å². The lowest BCUT2D eigenvalue weighted by Crippen LogP contribution is -2.02. The molecule has 0 unspecified atom stereocenters. The molecule has 1 aromatic carbocycles. The molecule has 1 aromatic heterocycles. The Labute approximate surface area is 113 Å². The first-order valence-corrected chi connectivity index (χ1v) is 6.17. The number of benzene rings is 1. The SMILES string of the molecule is CNc1nc(-c2cccc(F)c2)nc(C)c1I. The van der Waals surface area contributed by atoms with Crippen LogP contribution < -0.4 is 5.32 Å². The highest BCUT2D eigenvalue weighted by atomic mass is 127. The van der Waals surface area contributed by atoms with Gasteiger partial charge in [-0.1, -0.05) is 12.1 Å². The van der Waals surface area contributed by atoms with Gasteiger partial charge in [0, 0.05) is 12.6 Å². The fourth-order valence-corrected chi connectivity index (χ4v) is 1.99. The van der Waals surface area contributed by atoms with Crippen molar-refractivity contribution in [3.8, 4) is 11.4 Å². The Hall–Kier alpha value is -1.24. The summed E-state index contributed by atoms with van der Waals surface area (Å²) in [7, 11) is 1.80. The number of rotatable bonds is 2. The van der Waals surface area contributed by atoms with Crippen molar-refractivity contribution in [1.29, 1.82) is 0 Å². The lowest BCUT2D eigenvalue weighted by Gasteiger charge is -2.08. The molecule has 0 radical (unpaired) electrons. The Morgan fingerprint density at radius 3 is 2.71 bits per heavy atom. The molecule has 0 fully saturated rings. The maximum atomic E-state index is 13.1. The predicted molar refractivity (Wildman–Crippen MR) is 74.4 cm³/mol. The van der Waals surface area contributed by atoms with Crippen LogP contribution in [0.15, 0.2) is 24.3 Å². The first-order chi connectivity index (χ1) is 8.11. The summed E-state index contributed by atoms with van der Waals surface area (Å²) in [6.07, 6.45) is 0. The van der Waals surface area contributed by atoms with Crippen LogP contribution >= 0.6 is 22.6 Å². The van der Waals surface area contributed by atoms with Crippen molar-refractivity contribution < 1.29 is 4.39 Å². The van der Waals surface area contributed by atoms with Gasteiger partial charge in [-0.15, -0.1) is 0 Å². The molecule has 3 nitrogen and oxygen atoms in total. The van der Waals surface area contributed by atoms with Crippen LogP contribution in [0.2, 0.25) is 0 Å². The molecule has 1 heterocycles. The van der Waals surface area contributed by atoms with Crippen molar-refractivity contribution in [2.45, 2.75) is 6.92 Å². The zero-order chi connectivity index (χ0) is 12.4. The summed E-state index contributed by atoms with van der Waals surface area (Å²) in [6, 6.07) is 6.29. The van der Waals surface area contributed by atoms with E-state index in [4.69, 9.17) is 0 Å². The number of halogens is 2. The van der Waals surface area contributed by atoms with Gasteiger partial charge in [0.05, 0.1) is 9.26 Å². The Balaban J connectivity index is 2.56. The molecule has 5 heteroatoms. The van der Waals surface area contributed by atoms with E-state index in [0.29, 0.717) is 11.4 Å². The molecular weight excluding hydrogens is 332 g/mol. The summed E-state index contributed by atoms with van der Waals surface area (Å²) in [5.74, 6) is 1.01. The fourth-order valence-electron chi connectivity index (χ4n) is 1.48. The molecule has 0 aliphatic carbocycles. The van der Waals surface area contributed by atoms with E-state index in [2.05, 4.69) is 37.9 Å². The monoisotopic (exact) mass is 343 g/mol. The number of nitrogens with one attached hydrogen (secondary N) is 1. The highest BCUT2D eigenvalue weighted by molar-refractivity contribution is 14.1. The Morgan fingerprint density at radius 1 is 1.29 bits per heavy atom. The van der Waals surface area contributed by atoms with Gasteiger partial charge in [-0.05, 0) is 41.6 Å². The fraction of sp³-hybridized carbons (Fsp3) is 0.167. The summed E-state index contributed by atoms with van der Waals surface area (Å²) in [4.78, 5) is 8.73. The van der Waals surface area contributed by atoms with E-state index in [1.165, 1.54) is 12.1 Å². The number of anilines is 1. The smallest absolute Gasteiger partial charge is 0.161 e. The van der Waals surface area contributed by atoms with Gasteiger partial charge in [-0.3, -0.25) is 0 Å². The topological polar surface area (TPSA) is 37.8 Å². The lowest BCUT2D eigenvalue weighted by atomic mass is 10.2. The maximum Gasteiger partial charge on any atom is 0.161 e. The van der Waals surface area contributed by atoms with Crippen molar-refractivity contribution in [3.05, 3.63) is 39.3 Å². The average Bonchev–Trinajstić information content (AvgIpc) is 2.32. The summed E-state index contributed by atoms with van der Waals surface area (Å²) in [5, 5.41) is 3.01. The highest BCUT2D eigenvalue weighted by Crippen LogP contribution is 2.23. The van der Waals surface area contributed by atoms with Crippen molar-refractivity contribution >= 4 is 28.4 Å². The number of nitrogens with zero attached hydrogens (tertiary/aromatic N) is 2. The third kappa shape index (κ3) is 2.54. The average molecular weight is 343 g/mol. The van der Waals surface area contributed by atoms with Crippen molar-refractivity contribution in [3.63, 3.8) is 0 Å². The Morgan fingerprint density at radius 2 is 2.06 bits per heavy atom. The van der Waals surface area contributed by atoms with Crippen LogP contribution in [0.1, 0.15) is 5.69 Å². The first kappa shape index (κ1) is 12.2. The van der Waals surface area contributed by atoms with Crippen LogP contribution in [0.4, 0.5) is 10.2 Å². The van der Waals surface area contributed by atoms with Gasteiger partial charge in [0.25, 0.3) is 0 Å². The highest BCUT2D eigenvalue weighted by Gasteiger charge is 2.09. The molecule has 0 spiro atoms. The zero-order valence-electron chi connectivity index (χ0n) is 9.46. The van der Waals surface area contributed by atoms with E-state index < -0.39 is 0 Å². The predicted octanol–water partition coefficient (Wildman–Crippen LogP) is 3.24. The number of aromatic nitrogens is 2. The van der Waals surface area contributed by atoms with Gasteiger partial charge in [0.2, 0.25) is 0 Å². The molecule has 1 N–H and O–H groups in total. The third-order valence-electron chi connectivity index (χ3n) is 2.34. The van der Waals surface area contributed by atoms with Crippen LogP contribution in [0.5, 0.6) is 0 Å². The van der Waals surface area contributed by atoms with Crippen LogP contribution in [-0.2, 0) is 0 Å². The van der Waals surface area contributed by atoms with E-state index >= 15 is 0 Å². The molecule has 0 saturated heterocycles. The molecule has 0 atom stereocenters. The molecular formula is C12H11FIN3. The second-order valence-corrected chi connectivity index (χ2v) is 4.63. The van der Waals surface area contributed by atoms with Crippen molar-refractivity contribution in [1.82, 2.24) is 9.97 Å². The molecule has 2 rings (SSSR count). The summed E-state index contributed by atoms with van der Waals surface area (Å²) in [5.41, 5.74) is 1.56. The normalized spacial score (nSPS) is 10.4. The van der Waals surface area contributed by atoms with Crippen LogP contribution in [0, 0.1) is 16.3 Å². The minimum absolute atomic E-state index is 0.284. The standard InChI is InChI=1S/C12H11FIN3/c1-7-10(14)12(15-2)17-11(16-7)8-4-3-5-9(13)6-8/h3-6H,1-2H3,(H,15,16,17). The van der Waals surface area contributed by atoms with Gasteiger partial charge >= 0.3 is 0 Å². The zero-order valence-corrected chi connectivity index (χ0v) is 11.6. The summed E-state index contributed by atoms with van der Waals surface area (Å²) >= 11 is 2.19. The molecule has 0 amide bonds. The van der Waals surface area contributed by atoms with E-state index in [1.807, 2.05) is 6.92 Å². The first-order valence-electron chi connectivity index (χ1n) is 5.09. The van der Waals surface area contributed by atoms with Crippen molar-refractivity contribution in [2.24, 2.45) is 0 Å². The third-order valence-corrected chi connectivity index (χ3v) is 3.63. The summed E-state index contributed by atoms with van der Waals surface area (Å²) < 4.78 is 14.1. The van der Waals surface area contributed by atoms with Gasteiger partial charge in [-0.25, -0.2) is 14.4 Å². The van der Waals surface area contributed by atoms with Gasteiger partial charge in [0.1, 0.15) is 11.6 Å². The van der Waals surface area contributed by atoms with E-state index in [-0.39, 0.29) is 5.82 Å². The van der Waals surface area contributed by atoms with Crippen LogP contribution in [0.25, 0.3) is 11.4 Å². The molecule has 0 bridgehead atoms. The van der Waals surface area contributed by atoms with Gasteiger partial charge in [0.15, 0.2) is 5.82 Å². The Bertz CT molecular complexity index is 557. The minimum atomic E-state index is -0.284. The van der Waals surface area contributed by atoms with Crippen LogP contribution in [0.3, 0.4) is 0 Å². The van der Waals surface area contributed by atoms with Crippen LogP contribution in [-0.4, -0.2) is 17.0 Å². The molecule has 0 aliphatic heterocycles. The molecule has 2 aromatic rings. The minimum Gasteiger partial charge on any atom is -0.372 e. The number of hydrogen-bond donors (Lipinski definition) is 1. The molecule has 88 valence electrons. The number of hydrogen-bond acceptors (Lipinski definition) is 3. The van der Waals surface area contributed by atoms with Gasteiger partial charge < -0.3 is 5.32 Å². The Kier molecular flexibility index (Phi) is 3.56. The second kappa shape index (κ2) is 4.95. The van der Waals surface area contributed by atoms with E-state index in [9.17, 15) is 4.39 Å². The quantitative estimate of drug-likeness (QED) is 0.851. The largest absolute Gasteiger partial charge is 0.372 e. The second-order valence-electron chi connectivity index (χ2n) is 3.56. The van der Waals surface area contributed by atoms with E-state index in [0.717, 1.165) is 15.1 Å².